The van der Waals surface area contributed by atoms with Crippen molar-refractivity contribution in [3.05, 3.63) is 0 Å². The molecular weight excluding hydrogens is 126 g/mol. The summed E-state index contributed by atoms with van der Waals surface area (Å²) in [5.74, 6) is 0. The van der Waals surface area contributed by atoms with E-state index in [4.69, 9.17) is 14.4 Å². The van der Waals surface area contributed by atoms with Crippen LogP contribution in [0.1, 0.15) is 13.3 Å². The van der Waals surface area contributed by atoms with Crippen LogP contribution in [-0.2, 0) is 0 Å². The van der Waals surface area contributed by atoms with E-state index in [0.29, 0.717) is 6.54 Å². The summed E-state index contributed by atoms with van der Waals surface area (Å²) in [7, 11) is -3.93. The van der Waals surface area contributed by atoms with Crippen LogP contribution in [-0.4, -0.2) is 29.9 Å². The standard InChI is InChI=1S/C3H11NO3Si/c1-2-3-4-8(5,6)7/h4-7H,2-3H2,1H3. The van der Waals surface area contributed by atoms with Crippen molar-refractivity contribution in [3.63, 3.8) is 0 Å². The van der Waals surface area contributed by atoms with Crippen LogP contribution >= 0.6 is 0 Å². The lowest BCUT2D eigenvalue weighted by molar-refractivity contribution is 0.209. The lowest BCUT2D eigenvalue weighted by atomic mass is 10.5. The summed E-state index contributed by atoms with van der Waals surface area (Å²) < 4.78 is 0. The minimum absolute atomic E-state index is 0.440. The molecule has 0 aliphatic heterocycles. The van der Waals surface area contributed by atoms with Gasteiger partial charge in [-0.05, 0) is 13.0 Å². The van der Waals surface area contributed by atoms with Gasteiger partial charge < -0.3 is 14.4 Å². The van der Waals surface area contributed by atoms with Crippen molar-refractivity contribution in [1.29, 1.82) is 0 Å². The topological polar surface area (TPSA) is 72.7 Å². The van der Waals surface area contributed by atoms with Gasteiger partial charge in [-0.15, -0.1) is 0 Å². The second kappa shape index (κ2) is 3.16. The summed E-state index contributed by atoms with van der Waals surface area (Å²) in [5.41, 5.74) is 0. The molecule has 0 atom stereocenters. The number of hydrogen-bond acceptors (Lipinski definition) is 4. The van der Waals surface area contributed by atoms with Gasteiger partial charge in [-0.2, -0.15) is 0 Å². The van der Waals surface area contributed by atoms with Gasteiger partial charge in [0.25, 0.3) is 0 Å². The molecule has 8 heavy (non-hydrogen) atoms. The predicted molar refractivity (Wildman–Crippen MR) is 30.7 cm³/mol. The Kier molecular flexibility index (Phi) is 3.18. The molecule has 0 rings (SSSR count). The molecule has 0 spiro atoms. The Labute approximate surface area is 49.2 Å². The summed E-state index contributed by atoms with van der Waals surface area (Å²) in [6, 6.07) is 0. The van der Waals surface area contributed by atoms with Crippen LogP contribution in [0, 0.1) is 0 Å². The lowest BCUT2D eigenvalue weighted by Gasteiger charge is -2.08. The molecule has 0 fully saturated rings. The van der Waals surface area contributed by atoms with E-state index in [2.05, 4.69) is 4.98 Å². The maximum atomic E-state index is 8.29. The van der Waals surface area contributed by atoms with Crippen molar-refractivity contribution in [3.8, 4) is 0 Å². The highest BCUT2D eigenvalue weighted by Gasteiger charge is 2.25. The van der Waals surface area contributed by atoms with Gasteiger partial charge in [-0.3, -0.25) is 4.98 Å². The first kappa shape index (κ1) is 8.06. The highest BCUT2D eigenvalue weighted by atomic mass is 28.4. The van der Waals surface area contributed by atoms with Crippen LogP contribution < -0.4 is 4.98 Å². The first-order chi connectivity index (χ1) is 3.56. The zero-order valence-electron chi connectivity index (χ0n) is 4.76. The highest BCUT2D eigenvalue weighted by Crippen LogP contribution is 1.77. The normalized spacial score (nSPS) is 12.0. The van der Waals surface area contributed by atoms with E-state index in [1.807, 2.05) is 6.92 Å². The summed E-state index contributed by atoms with van der Waals surface area (Å²) in [4.78, 5) is 27.0. The van der Waals surface area contributed by atoms with Gasteiger partial charge in [-0.25, -0.2) is 0 Å². The third-order valence-corrected chi connectivity index (χ3v) is 1.34. The maximum Gasteiger partial charge on any atom is 0.588 e. The second-order valence-electron chi connectivity index (χ2n) is 1.56. The fraction of sp³-hybridized carbons (Fsp3) is 1.00. The third-order valence-electron chi connectivity index (χ3n) is 0.612. The minimum atomic E-state index is -3.93. The number of nitrogens with one attached hydrogen (secondary N) is 1. The third kappa shape index (κ3) is 6.06. The van der Waals surface area contributed by atoms with E-state index in [1.54, 1.807) is 0 Å². The molecule has 0 unspecified atom stereocenters. The van der Waals surface area contributed by atoms with Crippen molar-refractivity contribution < 1.29 is 14.4 Å². The van der Waals surface area contributed by atoms with Crippen molar-refractivity contribution in [2.45, 2.75) is 13.3 Å². The Bertz CT molecular complexity index is 62.0. The predicted octanol–water partition coefficient (Wildman–Crippen LogP) is -1.60. The molecule has 50 valence electrons. The van der Waals surface area contributed by atoms with Gasteiger partial charge in [0.05, 0.1) is 0 Å². The molecule has 0 radical (unpaired) electrons. The molecule has 4 N–H and O–H groups in total. The van der Waals surface area contributed by atoms with Crippen LogP contribution in [0.2, 0.25) is 0 Å². The summed E-state index contributed by atoms with van der Waals surface area (Å²) >= 11 is 0. The maximum absolute atomic E-state index is 8.29. The molecule has 0 aromatic carbocycles. The molecule has 0 saturated heterocycles. The summed E-state index contributed by atoms with van der Waals surface area (Å²) in [5, 5.41) is 0. The van der Waals surface area contributed by atoms with Gasteiger partial charge in [0.2, 0.25) is 0 Å². The Morgan fingerprint density at radius 3 is 2.00 bits per heavy atom. The monoisotopic (exact) mass is 137 g/mol. The average molecular weight is 137 g/mol. The van der Waals surface area contributed by atoms with Gasteiger partial charge in [0.15, 0.2) is 0 Å². The molecule has 0 saturated carbocycles. The Balaban J connectivity index is 3.11. The van der Waals surface area contributed by atoms with E-state index in [-0.39, 0.29) is 0 Å². The van der Waals surface area contributed by atoms with E-state index in [9.17, 15) is 0 Å². The van der Waals surface area contributed by atoms with Crippen LogP contribution in [0.15, 0.2) is 0 Å². The molecule has 0 aliphatic carbocycles. The largest absolute Gasteiger partial charge is 0.588 e. The van der Waals surface area contributed by atoms with Gasteiger partial charge >= 0.3 is 8.97 Å². The first-order valence-electron chi connectivity index (χ1n) is 2.48. The van der Waals surface area contributed by atoms with Crippen LogP contribution in [0.4, 0.5) is 0 Å². The first-order valence-corrected chi connectivity index (χ1v) is 4.32. The lowest BCUT2D eigenvalue weighted by Crippen LogP contribution is -2.51. The van der Waals surface area contributed by atoms with Crippen LogP contribution in [0.25, 0.3) is 0 Å². The molecule has 0 aromatic rings. The van der Waals surface area contributed by atoms with Crippen molar-refractivity contribution >= 4 is 8.97 Å². The molecule has 5 heteroatoms. The van der Waals surface area contributed by atoms with Crippen molar-refractivity contribution in [1.82, 2.24) is 4.98 Å². The minimum Gasteiger partial charge on any atom is -0.377 e. The second-order valence-corrected chi connectivity index (χ2v) is 3.19. The molecule has 0 aromatic heterocycles. The fourth-order valence-electron chi connectivity index (χ4n) is 0.293. The smallest absolute Gasteiger partial charge is 0.377 e. The van der Waals surface area contributed by atoms with Gasteiger partial charge in [-0.1, -0.05) is 6.92 Å². The average Bonchev–Trinajstić information content (AvgIpc) is 1.59. The van der Waals surface area contributed by atoms with E-state index >= 15 is 0 Å². The fourth-order valence-corrected chi connectivity index (χ4v) is 0.878. The Hall–Kier alpha value is 0.0569. The van der Waals surface area contributed by atoms with E-state index in [0.717, 1.165) is 6.42 Å². The Morgan fingerprint density at radius 2 is 1.88 bits per heavy atom. The zero-order valence-corrected chi connectivity index (χ0v) is 5.76. The van der Waals surface area contributed by atoms with Crippen LogP contribution in [0.5, 0.6) is 0 Å². The van der Waals surface area contributed by atoms with Crippen LogP contribution in [0.3, 0.4) is 0 Å². The van der Waals surface area contributed by atoms with Gasteiger partial charge in [0, 0.05) is 0 Å². The molecule has 0 aliphatic rings. The SMILES string of the molecule is CCCN[Si](O)(O)O. The molecule has 0 bridgehead atoms. The molecule has 0 amide bonds. The van der Waals surface area contributed by atoms with E-state index < -0.39 is 8.97 Å². The summed E-state index contributed by atoms with van der Waals surface area (Å²) in [6.07, 6.45) is 0.774. The zero-order chi connectivity index (χ0) is 6.62. The molecule has 0 heterocycles. The Morgan fingerprint density at radius 1 is 1.38 bits per heavy atom. The highest BCUT2D eigenvalue weighted by molar-refractivity contribution is 6.53. The van der Waals surface area contributed by atoms with Crippen molar-refractivity contribution in [2.75, 3.05) is 6.54 Å². The number of rotatable bonds is 3. The van der Waals surface area contributed by atoms with E-state index in [1.165, 1.54) is 0 Å². The van der Waals surface area contributed by atoms with Gasteiger partial charge in [0.1, 0.15) is 0 Å². The summed E-state index contributed by atoms with van der Waals surface area (Å²) in [6.45, 7) is 2.31. The molecular formula is C3H11NO3Si. The van der Waals surface area contributed by atoms with Crippen molar-refractivity contribution in [2.24, 2.45) is 0 Å². The quantitative estimate of drug-likeness (QED) is 0.353. The molecule has 4 nitrogen and oxygen atoms in total. The number of hydrogen-bond donors (Lipinski definition) is 4.